The highest BCUT2D eigenvalue weighted by Gasteiger charge is 2.24. The van der Waals surface area contributed by atoms with E-state index in [1.165, 1.54) is 0 Å². The second-order valence-corrected chi connectivity index (χ2v) is 4.56. The van der Waals surface area contributed by atoms with Crippen LogP contribution in [0.15, 0.2) is 0 Å². The Balaban J connectivity index is 2.36. The standard InChI is InChI=1S/C11H21N3O4/c1-8(2)12-11(17)13-10(16)5-14-3-4-18-7-9(14)6-15/h8-9,15H,3-7H2,1-2H3,(H2,12,13,16,17). The number of morpholine rings is 1. The first kappa shape index (κ1) is 14.9. The van der Waals surface area contributed by atoms with Gasteiger partial charge in [0.2, 0.25) is 5.91 Å². The van der Waals surface area contributed by atoms with Crippen molar-refractivity contribution in [3.05, 3.63) is 0 Å². The van der Waals surface area contributed by atoms with Crippen LogP contribution in [0.1, 0.15) is 13.8 Å². The Kier molecular flexibility index (Phi) is 6.03. The van der Waals surface area contributed by atoms with Crippen molar-refractivity contribution in [2.24, 2.45) is 0 Å². The average Bonchev–Trinajstić information content (AvgIpc) is 2.28. The SMILES string of the molecule is CC(C)NC(=O)NC(=O)CN1CCOCC1CO. The van der Waals surface area contributed by atoms with Gasteiger partial charge in [0, 0.05) is 12.6 Å². The predicted molar refractivity (Wildman–Crippen MR) is 65.1 cm³/mol. The van der Waals surface area contributed by atoms with Gasteiger partial charge in [0.25, 0.3) is 0 Å². The number of carbonyl (C=O) groups is 2. The first-order valence-electron chi connectivity index (χ1n) is 6.06. The molecule has 1 aliphatic heterocycles. The summed E-state index contributed by atoms with van der Waals surface area (Å²) in [5.41, 5.74) is 0. The summed E-state index contributed by atoms with van der Waals surface area (Å²) < 4.78 is 5.21. The van der Waals surface area contributed by atoms with E-state index in [2.05, 4.69) is 10.6 Å². The summed E-state index contributed by atoms with van der Waals surface area (Å²) in [6, 6.07) is -0.701. The minimum absolute atomic E-state index is 0.0219. The van der Waals surface area contributed by atoms with Crippen molar-refractivity contribution < 1.29 is 19.4 Å². The van der Waals surface area contributed by atoms with Crippen LogP contribution >= 0.6 is 0 Å². The highest BCUT2D eigenvalue weighted by molar-refractivity contribution is 5.95. The summed E-state index contributed by atoms with van der Waals surface area (Å²) in [4.78, 5) is 24.8. The highest BCUT2D eigenvalue weighted by atomic mass is 16.5. The lowest BCUT2D eigenvalue weighted by atomic mass is 10.2. The van der Waals surface area contributed by atoms with Gasteiger partial charge in [-0.15, -0.1) is 0 Å². The number of carbonyl (C=O) groups excluding carboxylic acids is 2. The van der Waals surface area contributed by atoms with Crippen molar-refractivity contribution in [3.63, 3.8) is 0 Å². The molecule has 1 fully saturated rings. The van der Waals surface area contributed by atoms with E-state index >= 15 is 0 Å². The molecule has 0 aromatic rings. The average molecular weight is 259 g/mol. The fraction of sp³-hybridized carbons (Fsp3) is 0.818. The maximum Gasteiger partial charge on any atom is 0.321 e. The van der Waals surface area contributed by atoms with Crippen LogP contribution < -0.4 is 10.6 Å². The zero-order valence-corrected chi connectivity index (χ0v) is 10.8. The van der Waals surface area contributed by atoms with Gasteiger partial charge >= 0.3 is 6.03 Å². The molecule has 0 radical (unpaired) electrons. The first-order valence-corrected chi connectivity index (χ1v) is 6.06. The lowest BCUT2D eigenvalue weighted by Gasteiger charge is -2.33. The van der Waals surface area contributed by atoms with Gasteiger partial charge in [-0.05, 0) is 13.8 Å². The summed E-state index contributed by atoms with van der Waals surface area (Å²) >= 11 is 0. The van der Waals surface area contributed by atoms with Crippen molar-refractivity contribution in [3.8, 4) is 0 Å². The Labute approximate surface area is 106 Å². The monoisotopic (exact) mass is 259 g/mol. The molecule has 3 amide bonds. The minimum Gasteiger partial charge on any atom is -0.395 e. The van der Waals surface area contributed by atoms with Crippen LogP contribution in [0.5, 0.6) is 0 Å². The maximum absolute atomic E-state index is 11.6. The van der Waals surface area contributed by atoms with E-state index in [1.54, 1.807) is 0 Å². The molecule has 0 aromatic carbocycles. The molecule has 0 bridgehead atoms. The molecule has 7 nitrogen and oxygen atoms in total. The third-order valence-corrected chi connectivity index (χ3v) is 2.58. The number of ether oxygens (including phenoxy) is 1. The number of nitrogens with one attached hydrogen (secondary N) is 2. The second kappa shape index (κ2) is 7.30. The van der Waals surface area contributed by atoms with Gasteiger partial charge in [0.05, 0.1) is 32.4 Å². The third kappa shape index (κ3) is 4.99. The van der Waals surface area contributed by atoms with E-state index in [0.717, 1.165) is 0 Å². The zero-order valence-electron chi connectivity index (χ0n) is 10.8. The van der Waals surface area contributed by atoms with Gasteiger partial charge in [-0.3, -0.25) is 15.0 Å². The number of amides is 3. The van der Waals surface area contributed by atoms with Crippen molar-refractivity contribution in [1.82, 2.24) is 15.5 Å². The molecule has 1 aliphatic rings. The van der Waals surface area contributed by atoms with E-state index < -0.39 is 6.03 Å². The Morgan fingerprint density at radius 3 is 2.83 bits per heavy atom. The van der Waals surface area contributed by atoms with E-state index in [9.17, 15) is 9.59 Å². The van der Waals surface area contributed by atoms with Crippen molar-refractivity contribution >= 4 is 11.9 Å². The van der Waals surface area contributed by atoms with E-state index in [4.69, 9.17) is 9.84 Å². The zero-order chi connectivity index (χ0) is 13.5. The van der Waals surface area contributed by atoms with Gasteiger partial charge in [-0.2, -0.15) is 0 Å². The summed E-state index contributed by atoms with van der Waals surface area (Å²) in [6.45, 7) is 5.15. The number of aliphatic hydroxyl groups excluding tert-OH is 1. The van der Waals surface area contributed by atoms with Gasteiger partial charge in [0.1, 0.15) is 0 Å². The molecule has 1 rings (SSSR count). The smallest absolute Gasteiger partial charge is 0.321 e. The van der Waals surface area contributed by atoms with Crippen LogP contribution in [0.2, 0.25) is 0 Å². The molecule has 0 spiro atoms. The topological polar surface area (TPSA) is 90.9 Å². The molecule has 7 heteroatoms. The Hall–Kier alpha value is -1.18. The number of hydrogen-bond acceptors (Lipinski definition) is 5. The number of imide groups is 1. The van der Waals surface area contributed by atoms with E-state index in [0.29, 0.717) is 19.8 Å². The van der Waals surface area contributed by atoms with E-state index in [-0.39, 0.29) is 31.1 Å². The summed E-state index contributed by atoms with van der Waals surface area (Å²) in [7, 11) is 0. The van der Waals surface area contributed by atoms with Crippen LogP contribution in [0, 0.1) is 0 Å². The molecule has 1 unspecified atom stereocenters. The van der Waals surface area contributed by atoms with Crippen molar-refractivity contribution in [2.75, 3.05) is 32.9 Å². The third-order valence-electron chi connectivity index (χ3n) is 2.58. The lowest BCUT2D eigenvalue weighted by molar-refractivity contribution is -0.124. The summed E-state index contributed by atoms with van der Waals surface area (Å²) in [5.74, 6) is -0.381. The molecular formula is C11H21N3O4. The van der Waals surface area contributed by atoms with Crippen LogP contribution in [0.4, 0.5) is 4.79 Å². The molecule has 104 valence electrons. The number of nitrogens with zero attached hydrogens (tertiary/aromatic N) is 1. The molecule has 0 aliphatic carbocycles. The van der Waals surface area contributed by atoms with Gasteiger partial charge < -0.3 is 15.2 Å². The lowest BCUT2D eigenvalue weighted by Crippen LogP contribution is -2.53. The van der Waals surface area contributed by atoms with Crippen LogP contribution in [-0.4, -0.2) is 66.9 Å². The number of urea groups is 1. The van der Waals surface area contributed by atoms with E-state index in [1.807, 2.05) is 18.7 Å². The largest absolute Gasteiger partial charge is 0.395 e. The van der Waals surface area contributed by atoms with Crippen molar-refractivity contribution in [1.29, 1.82) is 0 Å². The minimum atomic E-state index is -0.496. The maximum atomic E-state index is 11.6. The number of rotatable bonds is 4. The molecule has 1 heterocycles. The Morgan fingerprint density at radius 1 is 1.50 bits per heavy atom. The van der Waals surface area contributed by atoms with Crippen LogP contribution in [-0.2, 0) is 9.53 Å². The first-order chi connectivity index (χ1) is 8.52. The van der Waals surface area contributed by atoms with Crippen LogP contribution in [0.25, 0.3) is 0 Å². The van der Waals surface area contributed by atoms with Gasteiger partial charge in [-0.25, -0.2) is 4.79 Å². The second-order valence-electron chi connectivity index (χ2n) is 4.56. The van der Waals surface area contributed by atoms with Gasteiger partial charge in [0.15, 0.2) is 0 Å². The fourth-order valence-corrected chi connectivity index (χ4v) is 1.71. The predicted octanol–water partition coefficient (Wildman–Crippen LogP) is -1.09. The summed E-state index contributed by atoms with van der Waals surface area (Å²) in [5, 5.41) is 14.0. The molecule has 0 aromatic heterocycles. The number of aliphatic hydroxyl groups is 1. The van der Waals surface area contributed by atoms with Crippen molar-refractivity contribution in [2.45, 2.75) is 25.9 Å². The number of hydrogen-bond donors (Lipinski definition) is 3. The van der Waals surface area contributed by atoms with Gasteiger partial charge in [-0.1, -0.05) is 0 Å². The molecular weight excluding hydrogens is 238 g/mol. The molecule has 18 heavy (non-hydrogen) atoms. The molecule has 3 N–H and O–H groups in total. The molecule has 0 saturated carbocycles. The Bertz CT molecular complexity index is 296. The fourth-order valence-electron chi connectivity index (χ4n) is 1.71. The Morgan fingerprint density at radius 2 is 2.22 bits per heavy atom. The highest BCUT2D eigenvalue weighted by Crippen LogP contribution is 2.05. The quantitative estimate of drug-likeness (QED) is 0.597. The molecule has 1 saturated heterocycles. The van der Waals surface area contributed by atoms with Crippen LogP contribution in [0.3, 0.4) is 0 Å². The summed E-state index contributed by atoms with van der Waals surface area (Å²) in [6.07, 6.45) is 0. The molecule has 1 atom stereocenters. The normalized spacial score (nSPS) is 20.8.